The average Bonchev–Trinajstić information content (AvgIpc) is 3.28. The van der Waals surface area contributed by atoms with Crippen LogP contribution < -0.4 is 5.73 Å². The number of aromatic amines is 1. The van der Waals surface area contributed by atoms with E-state index in [0.29, 0.717) is 22.3 Å². The van der Waals surface area contributed by atoms with E-state index < -0.39 is 0 Å². The first kappa shape index (κ1) is 18.4. The molecule has 146 valence electrons. The summed E-state index contributed by atoms with van der Waals surface area (Å²) in [6.07, 6.45) is 15.8. The number of hydrogen-bond acceptors (Lipinski definition) is 4. The lowest BCUT2D eigenvalue weighted by Gasteiger charge is -2.28. The zero-order chi connectivity index (χ0) is 19.7. The molecule has 1 saturated carbocycles. The lowest BCUT2D eigenvalue weighted by atomic mass is 9.78. The van der Waals surface area contributed by atoms with E-state index in [4.69, 9.17) is 5.73 Å². The topological polar surface area (TPSA) is 84.9 Å². The maximum Gasteiger partial charge on any atom is 0.221 e. The van der Waals surface area contributed by atoms with E-state index in [9.17, 15) is 4.39 Å². The van der Waals surface area contributed by atoms with E-state index in [1.807, 2.05) is 6.20 Å². The number of H-pyrrole nitrogens is 1. The van der Waals surface area contributed by atoms with Crippen molar-refractivity contribution < 1.29 is 4.39 Å². The van der Waals surface area contributed by atoms with E-state index in [-0.39, 0.29) is 11.8 Å². The first-order valence-corrected chi connectivity index (χ1v) is 9.65. The summed E-state index contributed by atoms with van der Waals surface area (Å²) in [6.45, 7) is 4.76. The van der Waals surface area contributed by atoms with Crippen LogP contribution in [0.4, 0.5) is 10.3 Å². The molecule has 6 nitrogen and oxygen atoms in total. The maximum absolute atomic E-state index is 14.0. The molecule has 28 heavy (non-hydrogen) atoms. The predicted molar refractivity (Wildman–Crippen MR) is 109 cm³/mol. The van der Waals surface area contributed by atoms with Gasteiger partial charge in [0, 0.05) is 47.5 Å². The second kappa shape index (κ2) is 7.22. The molecule has 0 saturated heterocycles. The fourth-order valence-electron chi connectivity index (χ4n) is 3.81. The molecule has 1 aliphatic carbocycles. The summed E-state index contributed by atoms with van der Waals surface area (Å²) < 4.78 is 15.6. The van der Waals surface area contributed by atoms with Crippen molar-refractivity contribution in [1.29, 1.82) is 0 Å². The molecule has 0 amide bonds. The zero-order valence-electron chi connectivity index (χ0n) is 16.2. The molecule has 4 aromatic heterocycles. The van der Waals surface area contributed by atoms with Crippen molar-refractivity contribution in [3.63, 3.8) is 0 Å². The number of nitrogen functional groups attached to an aromatic ring is 1. The molecule has 7 heteroatoms. The van der Waals surface area contributed by atoms with Crippen molar-refractivity contribution in [1.82, 2.24) is 24.3 Å². The van der Waals surface area contributed by atoms with Crippen LogP contribution in [0.25, 0.3) is 27.8 Å². The summed E-state index contributed by atoms with van der Waals surface area (Å²) >= 11 is 0. The van der Waals surface area contributed by atoms with Crippen LogP contribution >= 0.6 is 0 Å². The number of nitrogens with two attached hydrogens (primary N) is 1. The molecule has 0 unspecified atom stereocenters. The summed E-state index contributed by atoms with van der Waals surface area (Å²) in [4.78, 5) is 15.0. The third-order valence-corrected chi connectivity index (χ3v) is 5.41. The molecule has 0 radical (unpaired) electrons. The van der Waals surface area contributed by atoms with Crippen molar-refractivity contribution in [2.24, 2.45) is 5.41 Å². The van der Waals surface area contributed by atoms with Gasteiger partial charge in [-0.2, -0.15) is 4.98 Å². The van der Waals surface area contributed by atoms with E-state index in [1.165, 1.54) is 38.2 Å². The van der Waals surface area contributed by atoms with E-state index in [1.54, 1.807) is 29.2 Å². The quantitative estimate of drug-likeness (QED) is 0.488. The Bertz CT molecular complexity index is 1100. The van der Waals surface area contributed by atoms with Gasteiger partial charge in [-0.1, -0.05) is 33.1 Å². The SMILES string of the molecule is CC1(C)CCCCC1.Nc1ncc2c(-c3cc(F)c4nccn4c3)c[nH]c2n1. The Kier molecular flexibility index (Phi) is 4.75. The van der Waals surface area contributed by atoms with E-state index in [0.717, 1.165) is 10.9 Å². The number of hydrogen-bond donors (Lipinski definition) is 2. The van der Waals surface area contributed by atoms with Gasteiger partial charge in [-0.05, 0) is 24.3 Å². The predicted octanol–water partition coefficient (Wildman–Crippen LogP) is 4.97. The standard InChI is InChI=1S/C13H9FN6.C8H16/c14-10-3-7(6-20-2-1-16-12(10)20)8-4-17-11-9(8)5-18-13(15)19-11;1-8(2)6-4-3-5-7-8/h1-6H,(H3,15,17,18,19);3-7H2,1-2H3. The molecule has 3 N–H and O–H groups in total. The highest BCUT2D eigenvalue weighted by molar-refractivity contribution is 5.93. The number of aromatic nitrogens is 5. The number of rotatable bonds is 1. The minimum absolute atomic E-state index is 0.196. The third-order valence-electron chi connectivity index (χ3n) is 5.41. The average molecular weight is 380 g/mol. The lowest BCUT2D eigenvalue weighted by Crippen LogP contribution is -2.14. The van der Waals surface area contributed by atoms with Crippen LogP contribution in [0.5, 0.6) is 0 Å². The Morgan fingerprint density at radius 2 is 1.96 bits per heavy atom. The highest BCUT2D eigenvalue weighted by Gasteiger charge is 2.20. The van der Waals surface area contributed by atoms with Gasteiger partial charge in [0.05, 0.1) is 0 Å². The fourth-order valence-corrected chi connectivity index (χ4v) is 3.81. The van der Waals surface area contributed by atoms with Gasteiger partial charge in [0.25, 0.3) is 0 Å². The first-order chi connectivity index (χ1) is 13.4. The molecule has 0 bridgehead atoms. The molecule has 4 heterocycles. The van der Waals surface area contributed by atoms with Crippen molar-refractivity contribution in [2.45, 2.75) is 46.0 Å². The van der Waals surface area contributed by atoms with E-state index in [2.05, 4.69) is 33.8 Å². The Hall–Kier alpha value is -2.96. The van der Waals surface area contributed by atoms with Crippen LogP contribution in [-0.4, -0.2) is 24.3 Å². The second-order valence-electron chi connectivity index (χ2n) is 8.15. The van der Waals surface area contributed by atoms with Crippen LogP contribution in [0.3, 0.4) is 0 Å². The normalized spacial score (nSPS) is 16.1. The molecule has 4 aromatic rings. The Balaban J connectivity index is 0.000000203. The van der Waals surface area contributed by atoms with E-state index >= 15 is 0 Å². The van der Waals surface area contributed by atoms with Crippen LogP contribution in [0.2, 0.25) is 0 Å². The summed E-state index contributed by atoms with van der Waals surface area (Å²) in [5.74, 6) is -0.180. The third kappa shape index (κ3) is 3.69. The van der Waals surface area contributed by atoms with Crippen molar-refractivity contribution >= 4 is 22.6 Å². The van der Waals surface area contributed by atoms with Crippen LogP contribution in [0.1, 0.15) is 46.0 Å². The van der Waals surface area contributed by atoms with Gasteiger partial charge >= 0.3 is 0 Å². The number of nitrogens with zero attached hydrogens (tertiary/aromatic N) is 4. The van der Waals surface area contributed by atoms with Gasteiger partial charge < -0.3 is 15.1 Å². The van der Waals surface area contributed by atoms with Crippen LogP contribution in [0, 0.1) is 11.2 Å². The van der Waals surface area contributed by atoms with Crippen molar-refractivity contribution in [2.75, 3.05) is 5.73 Å². The number of anilines is 1. The fraction of sp³-hybridized carbons (Fsp3) is 0.381. The molecule has 0 aliphatic heterocycles. The molecular formula is C21H25FN6. The minimum atomic E-state index is -0.377. The molecule has 1 aliphatic rings. The summed E-state index contributed by atoms with van der Waals surface area (Å²) in [7, 11) is 0. The zero-order valence-corrected chi connectivity index (χ0v) is 16.2. The van der Waals surface area contributed by atoms with Gasteiger partial charge in [-0.25, -0.2) is 14.4 Å². The highest BCUT2D eigenvalue weighted by atomic mass is 19.1. The summed E-state index contributed by atoms with van der Waals surface area (Å²) in [5.41, 5.74) is 8.67. The highest BCUT2D eigenvalue weighted by Crippen LogP contribution is 2.34. The Labute approximate surface area is 163 Å². The number of pyridine rings is 1. The number of nitrogens with one attached hydrogen (secondary N) is 1. The summed E-state index contributed by atoms with van der Waals surface area (Å²) in [6, 6.07) is 1.45. The molecule has 5 rings (SSSR count). The van der Waals surface area contributed by atoms with Crippen molar-refractivity contribution in [3.8, 4) is 11.1 Å². The maximum atomic E-state index is 14.0. The smallest absolute Gasteiger partial charge is 0.221 e. The Morgan fingerprint density at radius 1 is 1.18 bits per heavy atom. The number of halogens is 1. The van der Waals surface area contributed by atoms with Gasteiger partial charge in [0.2, 0.25) is 5.95 Å². The molecule has 0 aromatic carbocycles. The molecule has 1 fully saturated rings. The largest absolute Gasteiger partial charge is 0.368 e. The minimum Gasteiger partial charge on any atom is -0.368 e. The lowest BCUT2D eigenvalue weighted by molar-refractivity contribution is 0.244. The number of fused-ring (bicyclic) bond motifs is 2. The second-order valence-corrected chi connectivity index (χ2v) is 8.15. The van der Waals surface area contributed by atoms with Crippen molar-refractivity contribution in [3.05, 3.63) is 42.9 Å². The van der Waals surface area contributed by atoms with Gasteiger partial charge in [0.1, 0.15) is 5.65 Å². The number of imidazole rings is 1. The monoisotopic (exact) mass is 380 g/mol. The molecular weight excluding hydrogens is 355 g/mol. The molecule has 0 atom stereocenters. The van der Waals surface area contributed by atoms with Gasteiger partial charge in [-0.15, -0.1) is 0 Å². The molecule has 0 spiro atoms. The first-order valence-electron chi connectivity index (χ1n) is 9.65. The summed E-state index contributed by atoms with van der Waals surface area (Å²) in [5, 5.41) is 0.790. The van der Waals surface area contributed by atoms with Crippen LogP contribution in [0.15, 0.2) is 37.1 Å². The Morgan fingerprint density at radius 3 is 2.68 bits per heavy atom. The van der Waals surface area contributed by atoms with Crippen LogP contribution in [-0.2, 0) is 0 Å². The van der Waals surface area contributed by atoms with Gasteiger partial charge in [0.15, 0.2) is 11.5 Å². The van der Waals surface area contributed by atoms with Gasteiger partial charge in [-0.3, -0.25) is 0 Å².